The second kappa shape index (κ2) is 8.99. The first-order valence-corrected chi connectivity index (χ1v) is 8.71. The van der Waals surface area contributed by atoms with Crippen molar-refractivity contribution in [1.29, 1.82) is 5.26 Å². The first-order chi connectivity index (χ1) is 13.0. The molecule has 0 aromatic heterocycles. The van der Waals surface area contributed by atoms with E-state index in [9.17, 15) is 10.1 Å². The van der Waals surface area contributed by atoms with Crippen molar-refractivity contribution in [3.05, 3.63) is 46.6 Å². The molecule has 0 amide bonds. The molecule has 0 saturated carbocycles. The molecular formula is C20H24N2O5. The molecule has 0 aliphatic carbocycles. The molecule has 1 aromatic carbocycles. The summed E-state index contributed by atoms with van der Waals surface area (Å²) in [4.78, 5) is 12.8. The number of nitrogens with zero attached hydrogens (tertiary/aromatic N) is 1. The van der Waals surface area contributed by atoms with Crippen LogP contribution in [-0.4, -0.2) is 26.8 Å². The Balaban J connectivity index is 2.73. The molecule has 1 heterocycles. The smallest absolute Gasteiger partial charge is 0.338 e. The van der Waals surface area contributed by atoms with Crippen molar-refractivity contribution in [2.24, 2.45) is 5.73 Å². The van der Waals surface area contributed by atoms with Crippen molar-refractivity contribution >= 4 is 5.97 Å². The molecule has 144 valence electrons. The fourth-order valence-electron chi connectivity index (χ4n) is 3.03. The minimum Gasteiger partial charge on any atom is -0.497 e. The summed E-state index contributed by atoms with van der Waals surface area (Å²) >= 11 is 0. The number of rotatable bonds is 7. The Hall–Kier alpha value is -3.14. The molecule has 7 nitrogen and oxygen atoms in total. The number of nitriles is 1. The third-order valence-electron chi connectivity index (χ3n) is 4.22. The zero-order valence-electron chi connectivity index (χ0n) is 16.0. The fraction of sp³-hybridized carbons (Fsp3) is 0.400. The summed E-state index contributed by atoms with van der Waals surface area (Å²) < 4.78 is 21.6. The van der Waals surface area contributed by atoms with Gasteiger partial charge in [-0.3, -0.25) is 0 Å². The summed E-state index contributed by atoms with van der Waals surface area (Å²) in [5.41, 5.74) is 7.03. The van der Waals surface area contributed by atoms with E-state index < -0.39 is 11.9 Å². The van der Waals surface area contributed by atoms with Gasteiger partial charge < -0.3 is 24.7 Å². The molecule has 0 spiro atoms. The molecule has 0 unspecified atom stereocenters. The Morgan fingerprint density at radius 2 is 2.04 bits per heavy atom. The molecule has 1 atom stereocenters. The van der Waals surface area contributed by atoms with Crippen molar-refractivity contribution in [1.82, 2.24) is 0 Å². The van der Waals surface area contributed by atoms with Gasteiger partial charge in [0.1, 0.15) is 28.9 Å². The van der Waals surface area contributed by atoms with Crippen LogP contribution in [0.1, 0.15) is 38.2 Å². The predicted octanol–water partition coefficient (Wildman–Crippen LogP) is 3.13. The van der Waals surface area contributed by atoms with E-state index in [1.54, 1.807) is 32.2 Å². The zero-order chi connectivity index (χ0) is 20.0. The van der Waals surface area contributed by atoms with Gasteiger partial charge in [0, 0.05) is 18.1 Å². The van der Waals surface area contributed by atoms with Gasteiger partial charge in [-0.05, 0) is 19.4 Å². The van der Waals surface area contributed by atoms with E-state index >= 15 is 0 Å². The van der Waals surface area contributed by atoms with E-state index in [-0.39, 0.29) is 23.6 Å². The molecule has 0 saturated heterocycles. The Bertz CT molecular complexity index is 820. The Kier molecular flexibility index (Phi) is 6.72. The molecule has 0 bridgehead atoms. The molecule has 0 radical (unpaired) electrons. The Morgan fingerprint density at radius 3 is 2.59 bits per heavy atom. The van der Waals surface area contributed by atoms with Gasteiger partial charge in [0.15, 0.2) is 0 Å². The average molecular weight is 372 g/mol. The van der Waals surface area contributed by atoms with Gasteiger partial charge in [-0.1, -0.05) is 13.0 Å². The van der Waals surface area contributed by atoms with Crippen LogP contribution in [0.4, 0.5) is 0 Å². The number of ether oxygens (including phenoxy) is 4. The van der Waals surface area contributed by atoms with Crippen LogP contribution in [0.5, 0.6) is 11.5 Å². The maximum Gasteiger partial charge on any atom is 0.338 e. The Morgan fingerprint density at radius 1 is 1.30 bits per heavy atom. The lowest BCUT2D eigenvalue weighted by Crippen LogP contribution is -2.26. The summed E-state index contributed by atoms with van der Waals surface area (Å²) in [5, 5.41) is 9.70. The van der Waals surface area contributed by atoms with Crippen LogP contribution in [0.25, 0.3) is 0 Å². The largest absolute Gasteiger partial charge is 0.497 e. The van der Waals surface area contributed by atoms with Crippen molar-refractivity contribution in [3.8, 4) is 17.6 Å². The van der Waals surface area contributed by atoms with Crippen LogP contribution in [-0.2, 0) is 14.3 Å². The first kappa shape index (κ1) is 20.2. The summed E-state index contributed by atoms with van der Waals surface area (Å²) in [6.07, 6.45) is 1.22. The van der Waals surface area contributed by atoms with Crippen LogP contribution in [0.15, 0.2) is 41.0 Å². The van der Waals surface area contributed by atoms with Gasteiger partial charge in [0.05, 0.1) is 32.3 Å². The standard InChI is InChI=1S/C20H24N2O5/c1-5-7-15-18(20(23)26-6-2)17(14(11-21)19(22)27-15)13-9-8-12(24-3)10-16(13)25-4/h8-10,17H,5-7,22H2,1-4H3/t17-/m1/s1. The normalized spacial score (nSPS) is 16.5. The maximum absolute atomic E-state index is 12.8. The van der Waals surface area contributed by atoms with Crippen molar-refractivity contribution in [3.63, 3.8) is 0 Å². The van der Waals surface area contributed by atoms with Gasteiger partial charge in [0.25, 0.3) is 0 Å². The van der Waals surface area contributed by atoms with Crippen LogP contribution in [0.2, 0.25) is 0 Å². The van der Waals surface area contributed by atoms with E-state index in [4.69, 9.17) is 24.7 Å². The number of methoxy groups -OCH3 is 2. The molecule has 7 heteroatoms. The highest BCUT2D eigenvalue weighted by atomic mass is 16.5. The number of hydrogen-bond donors (Lipinski definition) is 1. The Labute approximate surface area is 159 Å². The highest BCUT2D eigenvalue weighted by molar-refractivity contribution is 5.93. The summed E-state index contributed by atoms with van der Waals surface area (Å²) in [5.74, 6) is 0.175. The lowest BCUT2D eigenvalue weighted by molar-refractivity contribution is -0.139. The quantitative estimate of drug-likeness (QED) is 0.733. The molecule has 1 aromatic rings. The molecule has 1 aliphatic heterocycles. The first-order valence-electron chi connectivity index (χ1n) is 8.71. The molecule has 1 aliphatic rings. The highest BCUT2D eigenvalue weighted by Gasteiger charge is 2.38. The van der Waals surface area contributed by atoms with E-state index in [0.717, 1.165) is 6.42 Å². The minimum absolute atomic E-state index is 0.0168. The summed E-state index contributed by atoms with van der Waals surface area (Å²) in [6.45, 7) is 3.89. The second-order valence-electron chi connectivity index (χ2n) is 5.84. The van der Waals surface area contributed by atoms with E-state index in [1.165, 1.54) is 7.11 Å². The predicted molar refractivity (Wildman–Crippen MR) is 98.8 cm³/mol. The number of carbonyl (C=O) groups excluding carboxylic acids is 1. The van der Waals surface area contributed by atoms with Crippen LogP contribution in [0, 0.1) is 11.3 Å². The topological polar surface area (TPSA) is 104 Å². The van der Waals surface area contributed by atoms with E-state index in [2.05, 4.69) is 6.07 Å². The fourth-order valence-corrected chi connectivity index (χ4v) is 3.03. The zero-order valence-corrected chi connectivity index (χ0v) is 16.0. The van der Waals surface area contributed by atoms with E-state index in [1.807, 2.05) is 6.92 Å². The molecular weight excluding hydrogens is 348 g/mol. The maximum atomic E-state index is 12.8. The van der Waals surface area contributed by atoms with Gasteiger partial charge >= 0.3 is 5.97 Å². The number of esters is 1. The van der Waals surface area contributed by atoms with Crippen molar-refractivity contribution in [2.45, 2.75) is 32.6 Å². The van der Waals surface area contributed by atoms with Gasteiger partial charge in [0.2, 0.25) is 5.88 Å². The third-order valence-corrected chi connectivity index (χ3v) is 4.22. The highest BCUT2D eigenvalue weighted by Crippen LogP contribution is 2.44. The lowest BCUT2D eigenvalue weighted by atomic mass is 9.82. The number of carbonyl (C=O) groups is 1. The van der Waals surface area contributed by atoms with Crippen molar-refractivity contribution < 1.29 is 23.7 Å². The number of hydrogen-bond acceptors (Lipinski definition) is 7. The average Bonchev–Trinajstić information content (AvgIpc) is 2.67. The molecule has 2 rings (SSSR count). The number of benzene rings is 1. The molecule has 27 heavy (non-hydrogen) atoms. The molecule has 2 N–H and O–H groups in total. The number of allylic oxidation sites excluding steroid dienone is 2. The molecule has 0 fully saturated rings. The van der Waals surface area contributed by atoms with Crippen LogP contribution < -0.4 is 15.2 Å². The summed E-state index contributed by atoms with van der Waals surface area (Å²) in [6, 6.07) is 7.25. The minimum atomic E-state index is -0.745. The van der Waals surface area contributed by atoms with Crippen molar-refractivity contribution in [2.75, 3.05) is 20.8 Å². The second-order valence-corrected chi connectivity index (χ2v) is 5.84. The monoisotopic (exact) mass is 372 g/mol. The lowest BCUT2D eigenvalue weighted by Gasteiger charge is -2.29. The van der Waals surface area contributed by atoms with Crippen LogP contribution >= 0.6 is 0 Å². The SMILES string of the molecule is CCCC1=C(C(=O)OCC)[C@H](c2ccc(OC)cc2OC)C(C#N)=C(N)O1. The van der Waals surface area contributed by atoms with Gasteiger partial charge in [-0.25, -0.2) is 4.79 Å². The van der Waals surface area contributed by atoms with Gasteiger partial charge in [-0.2, -0.15) is 5.26 Å². The van der Waals surface area contributed by atoms with E-state index in [0.29, 0.717) is 29.2 Å². The third kappa shape index (κ3) is 4.00. The summed E-state index contributed by atoms with van der Waals surface area (Å²) in [7, 11) is 3.06. The van der Waals surface area contributed by atoms with Gasteiger partial charge in [-0.15, -0.1) is 0 Å². The van der Waals surface area contributed by atoms with Crippen LogP contribution in [0.3, 0.4) is 0 Å². The number of nitrogens with two attached hydrogens (primary N) is 1.